The van der Waals surface area contributed by atoms with Crippen LogP contribution in [0, 0.1) is 5.92 Å². The van der Waals surface area contributed by atoms with E-state index in [2.05, 4.69) is 35.0 Å². The monoisotopic (exact) mass is 396 g/mol. The summed E-state index contributed by atoms with van der Waals surface area (Å²) in [7, 11) is 0. The molecule has 1 amide bonds. The lowest BCUT2D eigenvalue weighted by Gasteiger charge is -2.34. The maximum atomic E-state index is 11.5. The van der Waals surface area contributed by atoms with Crippen molar-refractivity contribution < 1.29 is 4.79 Å². The van der Waals surface area contributed by atoms with Gasteiger partial charge in [-0.3, -0.25) is 9.69 Å². The summed E-state index contributed by atoms with van der Waals surface area (Å²) in [6, 6.07) is 6.65. The van der Waals surface area contributed by atoms with Crippen molar-refractivity contribution in [3.8, 4) is 0 Å². The fourth-order valence-electron chi connectivity index (χ4n) is 5.08. The molecule has 2 aliphatic rings. The van der Waals surface area contributed by atoms with Gasteiger partial charge in [-0.2, -0.15) is 0 Å². The molecular weight excluding hydrogens is 360 g/mol. The number of piperazine rings is 1. The van der Waals surface area contributed by atoms with Crippen LogP contribution in [0.3, 0.4) is 0 Å². The third-order valence-corrected chi connectivity index (χ3v) is 7.08. The number of carbonyl (C=O) groups excluding carboxylic acids is 1. The molecule has 2 aromatic rings. The Morgan fingerprint density at radius 3 is 2.48 bits per heavy atom. The van der Waals surface area contributed by atoms with Gasteiger partial charge in [0, 0.05) is 45.6 Å². The Labute approximate surface area is 174 Å². The zero-order valence-electron chi connectivity index (χ0n) is 18.1. The zero-order chi connectivity index (χ0) is 20.2. The van der Waals surface area contributed by atoms with Gasteiger partial charge < -0.3 is 9.88 Å². The highest BCUT2D eigenvalue weighted by atomic mass is 16.2. The van der Waals surface area contributed by atoms with E-state index in [-0.39, 0.29) is 5.91 Å². The maximum Gasteiger partial charge on any atom is 0.219 e. The maximum absolute atomic E-state index is 11.5. The van der Waals surface area contributed by atoms with Gasteiger partial charge in [-0.05, 0) is 36.5 Å². The van der Waals surface area contributed by atoms with Crippen molar-refractivity contribution in [2.24, 2.45) is 5.92 Å². The Kier molecular flexibility index (Phi) is 6.53. The van der Waals surface area contributed by atoms with E-state index in [0.29, 0.717) is 5.92 Å². The van der Waals surface area contributed by atoms with Crippen molar-refractivity contribution in [2.75, 3.05) is 26.2 Å². The largest absolute Gasteiger partial charge is 0.342 e. The molecule has 29 heavy (non-hydrogen) atoms. The molecule has 1 aliphatic carbocycles. The number of nitrogens with one attached hydrogen (secondary N) is 1. The molecule has 4 rings (SSSR count). The number of rotatable bonds is 4. The van der Waals surface area contributed by atoms with E-state index in [1.165, 1.54) is 50.5 Å². The summed E-state index contributed by atoms with van der Waals surface area (Å²) < 4.78 is 0. The van der Waals surface area contributed by atoms with E-state index in [1.807, 2.05) is 4.90 Å². The fourth-order valence-corrected chi connectivity index (χ4v) is 5.08. The smallest absolute Gasteiger partial charge is 0.219 e. The van der Waals surface area contributed by atoms with E-state index < -0.39 is 0 Å². The van der Waals surface area contributed by atoms with Crippen molar-refractivity contribution in [3.63, 3.8) is 0 Å². The first-order valence-corrected chi connectivity index (χ1v) is 11.6. The molecule has 5 nitrogen and oxygen atoms in total. The summed E-state index contributed by atoms with van der Waals surface area (Å²) in [5.41, 5.74) is 3.57. The van der Waals surface area contributed by atoms with Crippen molar-refractivity contribution in [3.05, 3.63) is 29.6 Å². The van der Waals surface area contributed by atoms with Crippen LogP contribution in [0.5, 0.6) is 0 Å². The molecule has 1 N–H and O–H groups in total. The van der Waals surface area contributed by atoms with Crippen molar-refractivity contribution in [1.82, 2.24) is 19.8 Å². The van der Waals surface area contributed by atoms with E-state index in [0.717, 1.165) is 55.5 Å². The molecule has 2 heterocycles. The van der Waals surface area contributed by atoms with E-state index in [4.69, 9.17) is 4.98 Å². The molecule has 1 aliphatic heterocycles. The quantitative estimate of drug-likeness (QED) is 0.816. The second-order valence-corrected chi connectivity index (χ2v) is 9.15. The van der Waals surface area contributed by atoms with Crippen LogP contribution < -0.4 is 0 Å². The Morgan fingerprint density at radius 2 is 1.79 bits per heavy atom. The highest BCUT2D eigenvalue weighted by Gasteiger charge is 2.23. The average Bonchev–Trinajstić information content (AvgIpc) is 3.11. The third kappa shape index (κ3) is 5.00. The number of hydrogen-bond donors (Lipinski definition) is 1. The molecule has 158 valence electrons. The second-order valence-electron chi connectivity index (χ2n) is 9.15. The first-order valence-electron chi connectivity index (χ1n) is 11.6. The fraction of sp³-hybridized carbons (Fsp3) is 0.667. The number of carbonyl (C=O) groups is 1. The number of hydrogen-bond acceptors (Lipinski definition) is 3. The standard InChI is InChI=1S/C24H36N4O/c1-18(21-8-6-4-3-5-7-9-21)24-25-22-11-10-20(16-23(22)26-24)17-27-12-14-28(15-13-27)19(2)29/h10-11,16,18,21H,3-9,12-15,17H2,1-2H3,(H,25,26). The van der Waals surface area contributed by atoms with E-state index in [9.17, 15) is 4.79 Å². The Hall–Kier alpha value is -1.88. The van der Waals surface area contributed by atoms with Gasteiger partial charge in [-0.1, -0.05) is 45.1 Å². The summed E-state index contributed by atoms with van der Waals surface area (Å²) >= 11 is 0. The Bertz CT molecular complexity index is 813. The minimum atomic E-state index is 0.189. The van der Waals surface area contributed by atoms with Crippen LogP contribution >= 0.6 is 0 Å². The number of aromatic nitrogens is 2. The van der Waals surface area contributed by atoms with Gasteiger partial charge in [0.2, 0.25) is 5.91 Å². The number of imidazole rings is 1. The van der Waals surface area contributed by atoms with Crippen LogP contribution in [0.1, 0.15) is 76.1 Å². The second kappa shape index (κ2) is 9.29. The Morgan fingerprint density at radius 1 is 1.10 bits per heavy atom. The predicted molar refractivity (Wildman–Crippen MR) is 118 cm³/mol. The highest BCUT2D eigenvalue weighted by Crippen LogP contribution is 2.34. The SMILES string of the molecule is CC(=O)N1CCN(Cc2ccc3nc(C(C)C4CCCCCCC4)[nH]c3c2)CC1. The predicted octanol–water partition coefficient (Wildman–Crippen LogP) is 4.69. The van der Waals surface area contributed by atoms with Gasteiger partial charge in [0.15, 0.2) is 0 Å². The summed E-state index contributed by atoms with van der Waals surface area (Å²) in [6.45, 7) is 8.54. The third-order valence-electron chi connectivity index (χ3n) is 7.08. The van der Waals surface area contributed by atoms with Crippen LogP contribution in [0.4, 0.5) is 0 Å². The molecule has 1 aromatic carbocycles. The number of nitrogens with zero attached hydrogens (tertiary/aromatic N) is 3. The van der Waals surface area contributed by atoms with Gasteiger partial charge in [-0.25, -0.2) is 4.98 Å². The highest BCUT2D eigenvalue weighted by molar-refractivity contribution is 5.76. The van der Waals surface area contributed by atoms with Crippen LogP contribution in [0.25, 0.3) is 11.0 Å². The zero-order valence-corrected chi connectivity index (χ0v) is 18.1. The molecule has 0 bridgehead atoms. The van der Waals surface area contributed by atoms with Crippen LogP contribution in [0.2, 0.25) is 0 Å². The van der Waals surface area contributed by atoms with E-state index >= 15 is 0 Å². The summed E-state index contributed by atoms with van der Waals surface area (Å²) in [4.78, 5) is 24.5. The molecule has 2 fully saturated rings. The lowest BCUT2D eigenvalue weighted by Crippen LogP contribution is -2.47. The molecule has 5 heteroatoms. The first-order chi connectivity index (χ1) is 14.1. The lowest BCUT2D eigenvalue weighted by molar-refractivity contribution is -0.130. The molecular formula is C24H36N4O. The van der Waals surface area contributed by atoms with Gasteiger partial charge in [-0.15, -0.1) is 0 Å². The summed E-state index contributed by atoms with van der Waals surface area (Å²) in [6.07, 6.45) is 9.64. The molecule has 1 saturated heterocycles. The van der Waals surface area contributed by atoms with Crippen LogP contribution in [0.15, 0.2) is 18.2 Å². The number of aromatic amines is 1. The lowest BCUT2D eigenvalue weighted by atomic mass is 9.82. The minimum absolute atomic E-state index is 0.189. The Balaban J connectivity index is 1.41. The molecule has 1 saturated carbocycles. The first kappa shape index (κ1) is 20.4. The van der Waals surface area contributed by atoms with Gasteiger partial charge in [0.05, 0.1) is 11.0 Å². The molecule has 1 aromatic heterocycles. The summed E-state index contributed by atoms with van der Waals surface area (Å²) in [5, 5.41) is 0. The van der Waals surface area contributed by atoms with Crippen LogP contribution in [-0.2, 0) is 11.3 Å². The topological polar surface area (TPSA) is 52.2 Å². The number of H-pyrrole nitrogens is 1. The minimum Gasteiger partial charge on any atom is -0.342 e. The van der Waals surface area contributed by atoms with Crippen molar-refractivity contribution in [1.29, 1.82) is 0 Å². The van der Waals surface area contributed by atoms with Crippen LogP contribution in [-0.4, -0.2) is 51.9 Å². The number of fused-ring (bicyclic) bond motifs is 1. The molecule has 0 spiro atoms. The molecule has 1 unspecified atom stereocenters. The molecule has 0 radical (unpaired) electrons. The van der Waals surface area contributed by atoms with E-state index in [1.54, 1.807) is 6.92 Å². The normalized spacial score (nSPS) is 21.1. The van der Waals surface area contributed by atoms with Crippen molar-refractivity contribution in [2.45, 2.75) is 71.3 Å². The number of benzene rings is 1. The van der Waals surface area contributed by atoms with Gasteiger partial charge >= 0.3 is 0 Å². The molecule has 1 atom stereocenters. The number of amides is 1. The average molecular weight is 397 g/mol. The van der Waals surface area contributed by atoms with Gasteiger partial charge in [0.25, 0.3) is 0 Å². The van der Waals surface area contributed by atoms with Crippen molar-refractivity contribution >= 4 is 16.9 Å². The summed E-state index contributed by atoms with van der Waals surface area (Å²) in [5.74, 6) is 2.61. The van der Waals surface area contributed by atoms with Gasteiger partial charge in [0.1, 0.15) is 5.82 Å².